The molecule has 0 aliphatic carbocycles. The lowest BCUT2D eigenvalue weighted by atomic mass is 10.2. The molecule has 0 aliphatic heterocycles. The number of benzene rings is 1. The quantitative estimate of drug-likeness (QED) is 0.444. The molecule has 1 aromatic carbocycles. The summed E-state index contributed by atoms with van der Waals surface area (Å²) in [6.07, 6.45) is 0.829. The number of hydrogen-bond acceptors (Lipinski definition) is 4. The fourth-order valence-corrected chi connectivity index (χ4v) is 1.47. The van der Waals surface area contributed by atoms with E-state index in [4.69, 9.17) is 15.3 Å². The van der Waals surface area contributed by atoms with Crippen LogP contribution in [0.2, 0.25) is 0 Å². The number of carbonyl (C=O) groups excluding carboxylic acids is 1. The van der Waals surface area contributed by atoms with Crippen LogP contribution in [0.3, 0.4) is 0 Å². The molecule has 0 fully saturated rings. The van der Waals surface area contributed by atoms with Crippen molar-refractivity contribution in [2.24, 2.45) is 5.84 Å². The van der Waals surface area contributed by atoms with Crippen molar-refractivity contribution in [2.45, 2.75) is 25.9 Å². The van der Waals surface area contributed by atoms with Crippen LogP contribution in [-0.4, -0.2) is 19.1 Å². The number of amides is 1. The third-order valence-corrected chi connectivity index (χ3v) is 2.32. The molecule has 3 N–H and O–H groups in total. The Hall–Kier alpha value is -1.75. The van der Waals surface area contributed by atoms with Crippen molar-refractivity contribution in [3.63, 3.8) is 0 Å². The highest BCUT2D eigenvalue weighted by atomic mass is 16.5. The summed E-state index contributed by atoms with van der Waals surface area (Å²) in [5.74, 6) is 5.92. The van der Waals surface area contributed by atoms with Gasteiger partial charge in [0.05, 0.1) is 7.11 Å². The highest BCUT2D eigenvalue weighted by Crippen LogP contribution is 2.27. The van der Waals surface area contributed by atoms with E-state index in [1.54, 1.807) is 19.2 Å². The summed E-state index contributed by atoms with van der Waals surface area (Å²) in [5.41, 5.74) is 2.10. The van der Waals surface area contributed by atoms with Gasteiger partial charge in [-0.25, -0.2) is 5.84 Å². The molecule has 0 aromatic heterocycles. The van der Waals surface area contributed by atoms with E-state index in [2.05, 4.69) is 5.43 Å². The number of rotatable bonds is 6. The second kappa shape index (κ2) is 6.75. The first kappa shape index (κ1) is 13.3. The van der Waals surface area contributed by atoms with Gasteiger partial charge in [0, 0.05) is 0 Å². The Morgan fingerprint density at radius 2 is 2.06 bits per heavy atom. The number of nitrogens with two attached hydrogens (primary N) is 1. The topological polar surface area (TPSA) is 73.6 Å². The number of para-hydroxylation sites is 2. The van der Waals surface area contributed by atoms with Gasteiger partial charge in [0.1, 0.15) is 0 Å². The van der Waals surface area contributed by atoms with Crippen LogP contribution in [-0.2, 0) is 4.79 Å². The van der Waals surface area contributed by atoms with Crippen LogP contribution < -0.4 is 20.7 Å². The van der Waals surface area contributed by atoms with E-state index in [-0.39, 0.29) is 5.91 Å². The van der Waals surface area contributed by atoms with E-state index < -0.39 is 6.10 Å². The number of ether oxygens (including phenoxy) is 2. The van der Waals surface area contributed by atoms with E-state index in [9.17, 15) is 4.79 Å². The van der Waals surface area contributed by atoms with Crippen LogP contribution in [0, 0.1) is 0 Å². The molecule has 0 aliphatic rings. The molecule has 94 valence electrons. The number of hydrogen-bond donors (Lipinski definition) is 2. The third-order valence-electron chi connectivity index (χ3n) is 2.32. The molecule has 17 heavy (non-hydrogen) atoms. The Kier molecular flexibility index (Phi) is 5.29. The van der Waals surface area contributed by atoms with Gasteiger partial charge in [-0.2, -0.15) is 0 Å². The molecule has 5 heteroatoms. The Morgan fingerprint density at radius 3 is 2.59 bits per heavy atom. The number of carbonyl (C=O) groups is 1. The molecular formula is C12H18N2O3. The summed E-state index contributed by atoms with van der Waals surface area (Å²) in [6.45, 7) is 1.97. The van der Waals surface area contributed by atoms with E-state index >= 15 is 0 Å². The first-order chi connectivity index (χ1) is 8.22. The van der Waals surface area contributed by atoms with Crippen LogP contribution in [0.4, 0.5) is 0 Å². The van der Waals surface area contributed by atoms with E-state index in [0.29, 0.717) is 17.9 Å². The van der Waals surface area contributed by atoms with Crippen LogP contribution in [0.25, 0.3) is 0 Å². The van der Waals surface area contributed by atoms with Gasteiger partial charge in [-0.3, -0.25) is 10.2 Å². The first-order valence-corrected chi connectivity index (χ1v) is 5.53. The SMILES string of the molecule is CCCC(Oc1ccccc1OC)C(=O)NN. The van der Waals surface area contributed by atoms with Crippen molar-refractivity contribution in [1.29, 1.82) is 0 Å². The molecule has 0 saturated heterocycles. The molecule has 0 radical (unpaired) electrons. The zero-order chi connectivity index (χ0) is 12.7. The second-order valence-corrected chi connectivity index (χ2v) is 3.55. The average molecular weight is 238 g/mol. The summed E-state index contributed by atoms with van der Waals surface area (Å²) < 4.78 is 10.8. The molecule has 5 nitrogen and oxygen atoms in total. The van der Waals surface area contributed by atoms with Crippen LogP contribution >= 0.6 is 0 Å². The molecule has 1 unspecified atom stereocenters. The maximum atomic E-state index is 11.5. The molecule has 0 heterocycles. The zero-order valence-corrected chi connectivity index (χ0v) is 10.1. The zero-order valence-electron chi connectivity index (χ0n) is 10.1. The van der Waals surface area contributed by atoms with E-state index in [1.807, 2.05) is 19.1 Å². The Balaban J connectivity index is 2.81. The summed E-state index contributed by atoms with van der Waals surface area (Å²) in [6, 6.07) is 7.19. The normalized spacial score (nSPS) is 11.7. The smallest absolute Gasteiger partial charge is 0.274 e. The molecule has 1 amide bonds. The van der Waals surface area contributed by atoms with Crippen molar-refractivity contribution in [3.05, 3.63) is 24.3 Å². The van der Waals surface area contributed by atoms with Crippen molar-refractivity contribution < 1.29 is 14.3 Å². The minimum absolute atomic E-state index is 0.335. The van der Waals surface area contributed by atoms with Crippen molar-refractivity contribution >= 4 is 5.91 Å². The van der Waals surface area contributed by atoms with Gasteiger partial charge in [0.25, 0.3) is 5.91 Å². The predicted octanol–water partition coefficient (Wildman–Crippen LogP) is 1.23. The summed E-state index contributed by atoms with van der Waals surface area (Å²) in [4.78, 5) is 11.5. The van der Waals surface area contributed by atoms with Gasteiger partial charge in [-0.05, 0) is 18.6 Å². The Labute approximate surface area is 101 Å². The Bertz CT molecular complexity index is 369. The van der Waals surface area contributed by atoms with Crippen molar-refractivity contribution in [3.8, 4) is 11.5 Å². The summed E-state index contributed by atoms with van der Waals surface area (Å²) >= 11 is 0. The minimum atomic E-state index is -0.596. The minimum Gasteiger partial charge on any atom is -0.493 e. The molecule has 1 aromatic rings. The summed E-state index contributed by atoms with van der Waals surface area (Å²) in [5, 5.41) is 0. The fraction of sp³-hybridized carbons (Fsp3) is 0.417. The lowest BCUT2D eigenvalue weighted by molar-refractivity contribution is -0.128. The van der Waals surface area contributed by atoms with Crippen molar-refractivity contribution in [2.75, 3.05) is 7.11 Å². The number of hydrazine groups is 1. The number of methoxy groups -OCH3 is 1. The second-order valence-electron chi connectivity index (χ2n) is 3.55. The highest BCUT2D eigenvalue weighted by molar-refractivity contribution is 5.80. The predicted molar refractivity (Wildman–Crippen MR) is 64.6 cm³/mol. The fourth-order valence-electron chi connectivity index (χ4n) is 1.47. The molecule has 1 rings (SSSR count). The van der Waals surface area contributed by atoms with E-state index in [1.165, 1.54) is 0 Å². The van der Waals surface area contributed by atoms with Crippen LogP contribution in [0.5, 0.6) is 11.5 Å². The van der Waals surface area contributed by atoms with Crippen molar-refractivity contribution in [1.82, 2.24) is 5.43 Å². The Morgan fingerprint density at radius 1 is 1.41 bits per heavy atom. The molecule has 1 atom stereocenters. The van der Waals surface area contributed by atoms with Gasteiger partial charge in [-0.15, -0.1) is 0 Å². The third kappa shape index (κ3) is 3.64. The number of nitrogens with one attached hydrogen (secondary N) is 1. The lowest BCUT2D eigenvalue weighted by Gasteiger charge is -2.18. The highest BCUT2D eigenvalue weighted by Gasteiger charge is 2.19. The first-order valence-electron chi connectivity index (χ1n) is 5.53. The van der Waals surface area contributed by atoms with Gasteiger partial charge in [-0.1, -0.05) is 25.5 Å². The molecule has 0 spiro atoms. The van der Waals surface area contributed by atoms with Gasteiger partial charge in [0.2, 0.25) is 0 Å². The molecule has 0 bridgehead atoms. The van der Waals surface area contributed by atoms with Crippen LogP contribution in [0.1, 0.15) is 19.8 Å². The monoisotopic (exact) mass is 238 g/mol. The summed E-state index contributed by atoms with van der Waals surface area (Å²) in [7, 11) is 1.56. The van der Waals surface area contributed by atoms with Gasteiger partial charge >= 0.3 is 0 Å². The van der Waals surface area contributed by atoms with Gasteiger partial charge in [0.15, 0.2) is 17.6 Å². The maximum Gasteiger partial charge on any atom is 0.274 e. The van der Waals surface area contributed by atoms with Crippen LogP contribution in [0.15, 0.2) is 24.3 Å². The maximum absolute atomic E-state index is 11.5. The lowest BCUT2D eigenvalue weighted by Crippen LogP contribution is -2.42. The standard InChI is InChI=1S/C12H18N2O3/c1-3-6-11(12(15)14-13)17-10-8-5-4-7-9(10)16-2/h4-5,7-8,11H,3,6,13H2,1-2H3,(H,14,15). The van der Waals surface area contributed by atoms with E-state index in [0.717, 1.165) is 6.42 Å². The average Bonchev–Trinajstić information content (AvgIpc) is 2.38. The largest absolute Gasteiger partial charge is 0.493 e. The molecule has 0 saturated carbocycles. The van der Waals surface area contributed by atoms with Gasteiger partial charge < -0.3 is 9.47 Å². The molecular weight excluding hydrogens is 220 g/mol.